The van der Waals surface area contributed by atoms with Gasteiger partial charge >= 0.3 is 0 Å². The van der Waals surface area contributed by atoms with Crippen molar-refractivity contribution >= 4 is 23.4 Å². The van der Waals surface area contributed by atoms with Gasteiger partial charge in [-0.2, -0.15) is 0 Å². The van der Waals surface area contributed by atoms with Gasteiger partial charge in [-0.15, -0.1) is 0 Å². The number of carbonyl (C=O) groups is 1. The van der Waals surface area contributed by atoms with Gasteiger partial charge in [0.25, 0.3) is 5.69 Å². The number of nitro groups is 1. The Morgan fingerprint density at radius 3 is 2.79 bits per heavy atom. The van der Waals surface area contributed by atoms with Gasteiger partial charge in [-0.05, 0) is 18.2 Å². The Kier molecular flexibility index (Phi) is 4.53. The average molecular weight is 326 g/mol. The molecule has 7 nitrogen and oxygen atoms in total. The van der Waals surface area contributed by atoms with E-state index in [-0.39, 0.29) is 25.0 Å². The van der Waals surface area contributed by atoms with Crippen molar-refractivity contribution < 1.29 is 19.2 Å². The average Bonchev–Trinajstić information content (AvgIpc) is 2.60. The molecule has 0 fully saturated rings. The van der Waals surface area contributed by atoms with E-state index in [9.17, 15) is 14.9 Å². The van der Waals surface area contributed by atoms with Gasteiger partial charge in [0.2, 0.25) is 5.91 Å². The number of nitro benzene ring substituents is 1. The summed E-state index contributed by atoms with van der Waals surface area (Å²) in [5, 5.41) is 13.7. The second-order valence-corrected chi connectivity index (χ2v) is 5.08. The normalized spacial score (nSPS) is 13.2. The van der Waals surface area contributed by atoms with Crippen LogP contribution in [0.1, 0.15) is 11.1 Å². The number of ether oxygens (including phenoxy) is 2. The Morgan fingerprint density at radius 2 is 2.04 bits per heavy atom. The molecule has 0 bridgehead atoms. The number of fused-ring (bicyclic) bond motifs is 1. The second kappa shape index (κ2) is 6.93. The number of hydrogen-bond acceptors (Lipinski definition) is 5. The molecule has 7 heteroatoms. The Morgan fingerprint density at radius 1 is 1.25 bits per heavy atom. The third-order valence-corrected chi connectivity index (χ3v) is 3.39. The topological polar surface area (TPSA) is 90.7 Å². The number of carbonyl (C=O) groups excluding carboxylic acids is 1. The zero-order valence-corrected chi connectivity index (χ0v) is 12.6. The van der Waals surface area contributed by atoms with Crippen LogP contribution in [-0.2, 0) is 16.1 Å². The Balaban J connectivity index is 1.84. The van der Waals surface area contributed by atoms with Crippen LogP contribution in [0.5, 0.6) is 5.75 Å². The highest BCUT2D eigenvalue weighted by Gasteiger charge is 2.19. The largest absolute Gasteiger partial charge is 0.467 e. The summed E-state index contributed by atoms with van der Waals surface area (Å²) in [5.41, 5.74) is 1.63. The zero-order chi connectivity index (χ0) is 16.9. The van der Waals surface area contributed by atoms with Crippen molar-refractivity contribution in [3.63, 3.8) is 0 Å². The number of anilines is 1. The molecule has 0 atom stereocenters. The molecule has 2 aromatic rings. The molecule has 122 valence electrons. The molecule has 2 aromatic carbocycles. The summed E-state index contributed by atoms with van der Waals surface area (Å²) in [6.07, 6.45) is 2.81. The lowest BCUT2D eigenvalue weighted by molar-refractivity contribution is -0.385. The summed E-state index contributed by atoms with van der Waals surface area (Å²) in [7, 11) is 0. The first-order valence-corrected chi connectivity index (χ1v) is 7.19. The van der Waals surface area contributed by atoms with E-state index in [4.69, 9.17) is 9.47 Å². The van der Waals surface area contributed by atoms with Crippen LogP contribution in [-0.4, -0.2) is 17.6 Å². The molecule has 24 heavy (non-hydrogen) atoms. The molecule has 3 rings (SSSR count). The summed E-state index contributed by atoms with van der Waals surface area (Å²) < 4.78 is 10.6. The van der Waals surface area contributed by atoms with Gasteiger partial charge in [0, 0.05) is 35.0 Å². The smallest absolute Gasteiger partial charge is 0.270 e. The van der Waals surface area contributed by atoms with Crippen LogP contribution < -0.4 is 10.1 Å². The summed E-state index contributed by atoms with van der Waals surface area (Å²) in [6, 6.07) is 11.8. The summed E-state index contributed by atoms with van der Waals surface area (Å²) in [4.78, 5) is 22.5. The highest BCUT2D eigenvalue weighted by molar-refractivity contribution is 6.02. The number of non-ortho nitro benzene ring substituents is 1. The van der Waals surface area contributed by atoms with Crippen molar-refractivity contribution in [2.45, 2.75) is 6.61 Å². The van der Waals surface area contributed by atoms with E-state index in [1.54, 1.807) is 12.1 Å². The molecule has 0 unspecified atom stereocenters. The summed E-state index contributed by atoms with van der Waals surface area (Å²) >= 11 is 0. The third-order valence-electron chi connectivity index (χ3n) is 3.39. The first-order chi connectivity index (χ1) is 11.6. The number of nitrogens with one attached hydrogen (secondary N) is 1. The van der Waals surface area contributed by atoms with Crippen LogP contribution >= 0.6 is 0 Å². The quantitative estimate of drug-likeness (QED) is 0.529. The maximum absolute atomic E-state index is 12.0. The minimum atomic E-state index is -0.490. The van der Waals surface area contributed by atoms with Crippen LogP contribution in [0.25, 0.3) is 6.08 Å². The first-order valence-electron chi connectivity index (χ1n) is 7.19. The number of benzene rings is 2. The maximum atomic E-state index is 12.0. The monoisotopic (exact) mass is 326 g/mol. The Labute approximate surface area is 137 Å². The molecule has 0 aliphatic carbocycles. The molecule has 0 saturated carbocycles. The number of para-hydroxylation sites is 1. The van der Waals surface area contributed by atoms with Gasteiger partial charge in [-0.1, -0.05) is 18.2 Å². The zero-order valence-electron chi connectivity index (χ0n) is 12.6. The van der Waals surface area contributed by atoms with Crippen molar-refractivity contribution in [3.8, 4) is 5.75 Å². The predicted octanol–water partition coefficient (Wildman–Crippen LogP) is 3.11. The molecule has 1 aliphatic heterocycles. The predicted molar refractivity (Wildman–Crippen MR) is 87.5 cm³/mol. The van der Waals surface area contributed by atoms with E-state index in [2.05, 4.69) is 5.32 Å². The van der Waals surface area contributed by atoms with Crippen LogP contribution in [0.4, 0.5) is 11.4 Å². The van der Waals surface area contributed by atoms with E-state index in [1.807, 2.05) is 18.2 Å². The van der Waals surface area contributed by atoms with Gasteiger partial charge in [-0.25, -0.2) is 0 Å². The lowest BCUT2D eigenvalue weighted by atomic mass is 10.1. The molecule has 0 radical (unpaired) electrons. The van der Waals surface area contributed by atoms with Crippen molar-refractivity contribution in [2.24, 2.45) is 0 Å². The molecule has 1 amide bonds. The van der Waals surface area contributed by atoms with Gasteiger partial charge < -0.3 is 14.8 Å². The number of hydrogen-bond donors (Lipinski definition) is 1. The standard InChI is InChI=1S/C17H14N2O5/c20-16(18-14-4-2-1-3-5-14)7-6-12-8-15(19(21)22)9-13-10-23-11-24-17(12)13/h1-9H,10-11H2,(H,18,20). The molecule has 0 saturated heterocycles. The third kappa shape index (κ3) is 3.58. The molecule has 0 spiro atoms. The van der Waals surface area contributed by atoms with E-state index in [0.29, 0.717) is 22.6 Å². The fraction of sp³-hybridized carbons (Fsp3) is 0.118. The molecule has 0 aromatic heterocycles. The summed E-state index contributed by atoms with van der Waals surface area (Å²) in [6.45, 7) is 0.302. The fourth-order valence-electron chi connectivity index (χ4n) is 2.33. The lowest BCUT2D eigenvalue weighted by Gasteiger charge is -2.19. The van der Waals surface area contributed by atoms with Crippen LogP contribution in [0, 0.1) is 10.1 Å². The SMILES string of the molecule is O=C(C=Cc1cc([N+](=O)[O-])cc2c1OCOC2)Nc1ccccc1. The molecule has 1 N–H and O–H groups in total. The van der Waals surface area contributed by atoms with Gasteiger partial charge in [0.1, 0.15) is 5.75 Å². The van der Waals surface area contributed by atoms with Crippen molar-refractivity contribution in [1.29, 1.82) is 0 Å². The molecule has 1 heterocycles. The van der Waals surface area contributed by atoms with E-state index in [1.165, 1.54) is 24.3 Å². The van der Waals surface area contributed by atoms with E-state index in [0.717, 1.165) is 0 Å². The summed E-state index contributed by atoms with van der Waals surface area (Å²) in [5.74, 6) is 0.157. The Hall–Kier alpha value is -3.19. The molecular formula is C17H14N2O5. The van der Waals surface area contributed by atoms with Crippen LogP contribution in [0.15, 0.2) is 48.5 Å². The van der Waals surface area contributed by atoms with Gasteiger partial charge in [0.15, 0.2) is 6.79 Å². The minimum absolute atomic E-state index is 0.0713. The van der Waals surface area contributed by atoms with E-state index < -0.39 is 4.92 Å². The van der Waals surface area contributed by atoms with Crippen molar-refractivity contribution in [1.82, 2.24) is 0 Å². The number of nitrogens with zero attached hydrogens (tertiary/aromatic N) is 1. The lowest BCUT2D eigenvalue weighted by Crippen LogP contribution is -2.13. The van der Waals surface area contributed by atoms with Crippen molar-refractivity contribution in [2.75, 3.05) is 12.1 Å². The number of amides is 1. The van der Waals surface area contributed by atoms with Gasteiger partial charge in [-0.3, -0.25) is 14.9 Å². The first kappa shape index (κ1) is 15.7. The Bertz CT molecular complexity index is 802. The van der Waals surface area contributed by atoms with Crippen LogP contribution in [0.3, 0.4) is 0 Å². The van der Waals surface area contributed by atoms with E-state index >= 15 is 0 Å². The van der Waals surface area contributed by atoms with Crippen LogP contribution in [0.2, 0.25) is 0 Å². The molecular weight excluding hydrogens is 312 g/mol. The highest BCUT2D eigenvalue weighted by Crippen LogP contribution is 2.33. The second-order valence-electron chi connectivity index (χ2n) is 5.08. The van der Waals surface area contributed by atoms with Crippen molar-refractivity contribution in [3.05, 3.63) is 69.8 Å². The van der Waals surface area contributed by atoms with Gasteiger partial charge in [0.05, 0.1) is 11.5 Å². The fourth-order valence-corrected chi connectivity index (χ4v) is 2.33. The highest BCUT2D eigenvalue weighted by atomic mass is 16.7. The minimum Gasteiger partial charge on any atom is -0.467 e. The number of rotatable bonds is 4. The molecule has 1 aliphatic rings. The maximum Gasteiger partial charge on any atom is 0.270 e.